The first-order valence-corrected chi connectivity index (χ1v) is 7.80. The van der Waals surface area contributed by atoms with Gasteiger partial charge < -0.3 is 15.7 Å². The zero-order chi connectivity index (χ0) is 15.8. The van der Waals surface area contributed by atoms with Crippen LogP contribution < -0.4 is 10.6 Å². The van der Waals surface area contributed by atoms with Crippen LogP contribution >= 0.6 is 27.7 Å². The third-order valence-electron chi connectivity index (χ3n) is 2.38. The summed E-state index contributed by atoms with van der Waals surface area (Å²) >= 11 is 4.74. The number of halogens is 1. The molecule has 3 N–H and O–H groups in total. The van der Waals surface area contributed by atoms with Crippen LogP contribution in [0.1, 0.15) is 5.56 Å². The highest BCUT2D eigenvalue weighted by atomic mass is 79.9. The largest absolute Gasteiger partial charge is 0.480 e. The van der Waals surface area contributed by atoms with Gasteiger partial charge in [-0.25, -0.2) is 0 Å². The van der Waals surface area contributed by atoms with Crippen LogP contribution in [-0.4, -0.2) is 41.7 Å². The number of benzene rings is 1. The van der Waals surface area contributed by atoms with Gasteiger partial charge in [-0.1, -0.05) is 15.9 Å². The van der Waals surface area contributed by atoms with Crippen LogP contribution in [-0.2, 0) is 14.4 Å². The number of carboxylic acid groups (broad SMARTS) is 1. The molecule has 0 aromatic heterocycles. The number of carboxylic acids is 1. The second kappa shape index (κ2) is 8.68. The number of hydrogen-bond acceptors (Lipinski definition) is 4. The Kier molecular flexibility index (Phi) is 7.24. The first-order valence-electron chi connectivity index (χ1n) is 6.02. The van der Waals surface area contributed by atoms with Crippen molar-refractivity contribution in [2.24, 2.45) is 0 Å². The molecule has 0 heterocycles. The van der Waals surface area contributed by atoms with Crippen molar-refractivity contribution in [1.82, 2.24) is 10.6 Å². The lowest BCUT2D eigenvalue weighted by atomic mass is 10.2. The van der Waals surface area contributed by atoms with E-state index in [1.165, 1.54) is 11.8 Å². The van der Waals surface area contributed by atoms with Gasteiger partial charge in [0.1, 0.15) is 6.54 Å². The first-order chi connectivity index (χ1) is 9.88. The molecule has 2 amide bonds. The Labute approximate surface area is 134 Å². The number of carbonyl (C=O) groups is 3. The van der Waals surface area contributed by atoms with Gasteiger partial charge >= 0.3 is 5.97 Å². The number of amides is 2. The molecule has 0 aliphatic carbocycles. The Balaban J connectivity index is 2.31. The van der Waals surface area contributed by atoms with E-state index >= 15 is 0 Å². The molecule has 1 rings (SSSR count). The van der Waals surface area contributed by atoms with Crippen LogP contribution in [0.5, 0.6) is 0 Å². The molecule has 1 aromatic carbocycles. The first kappa shape index (κ1) is 17.5. The Bertz CT molecular complexity index is 551. The van der Waals surface area contributed by atoms with Crippen molar-refractivity contribution in [2.75, 3.05) is 18.8 Å². The van der Waals surface area contributed by atoms with Crippen LogP contribution in [0.25, 0.3) is 0 Å². The summed E-state index contributed by atoms with van der Waals surface area (Å²) in [5.41, 5.74) is 1.06. The second-order valence-electron chi connectivity index (χ2n) is 4.15. The van der Waals surface area contributed by atoms with Gasteiger partial charge in [-0.05, 0) is 30.7 Å². The van der Waals surface area contributed by atoms with Gasteiger partial charge in [0.2, 0.25) is 11.8 Å². The van der Waals surface area contributed by atoms with Crippen molar-refractivity contribution >= 4 is 45.5 Å². The monoisotopic (exact) mass is 374 g/mol. The Morgan fingerprint density at radius 1 is 1.19 bits per heavy atom. The van der Waals surface area contributed by atoms with Crippen LogP contribution in [0.4, 0.5) is 0 Å². The van der Waals surface area contributed by atoms with Gasteiger partial charge in [0.25, 0.3) is 0 Å². The lowest BCUT2D eigenvalue weighted by Crippen LogP contribution is -2.39. The van der Waals surface area contributed by atoms with E-state index in [4.69, 9.17) is 5.11 Å². The van der Waals surface area contributed by atoms with E-state index in [0.29, 0.717) is 0 Å². The maximum absolute atomic E-state index is 11.6. The summed E-state index contributed by atoms with van der Waals surface area (Å²) < 4.78 is 0.976. The number of carbonyl (C=O) groups excluding carboxylic acids is 2. The fourth-order valence-electron chi connectivity index (χ4n) is 1.38. The third-order valence-corrected chi connectivity index (χ3v) is 4.05. The summed E-state index contributed by atoms with van der Waals surface area (Å²) in [6.45, 7) is 1.26. The molecule has 0 radical (unpaired) electrons. The SMILES string of the molecule is Cc1cc(Br)ccc1SCC(=O)NCC(=O)NCC(=O)O. The summed E-state index contributed by atoms with van der Waals surface area (Å²) in [7, 11) is 0. The summed E-state index contributed by atoms with van der Waals surface area (Å²) in [5, 5.41) is 13.0. The molecule has 0 fully saturated rings. The van der Waals surface area contributed by atoms with Crippen molar-refractivity contribution in [3.8, 4) is 0 Å². The molecular formula is C13H15BrN2O4S. The molecule has 0 unspecified atom stereocenters. The third kappa shape index (κ3) is 7.14. The number of thioether (sulfide) groups is 1. The molecule has 0 bridgehead atoms. The lowest BCUT2D eigenvalue weighted by molar-refractivity contribution is -0.137. The number of hydrogen-bond donors (Lipinski definition) is 3. The molecule has 0 aliphatic heterocycles. The van der Waals surface area contributed by atoms with Gasteiger partial charge in [0.15, 0.2) is 0 Å². The maximum atomic E-state index is 11.6. The summed E-state index contributed by atoms with van der Waals surface area (Å²) in [5.74, 6) is -1.76. The molecule has 0 aliphatic rings. The fraction of sp³-hybridized carbons (Fsp3) is 0.308. The predicted molar refractivity (Wildman–Crippen MR) is 83.3 cm³/mol. The second-order valence-corrected chi connectivity index (χ2v) is 6.08. The van der Waals surface area contributed by atoms with E-state index in [0.717, 1.165) is 14.9 Å². The van der Waals surface area contributed by atoms with E-state index in [2.05, 4.69) is 26.6 Å². The minimum Gasteiger partial charge on any atom is -0.480 e. The van der Waals surface area contributed by atoms with E-state index in [1.54, 1.807) is 0 Å². The highest BCUT2D eigenvalue weighted by Gasteiger charge is 2.08. The zero-order valence-electron chi connectivity index (χ0n) is 11.3. The van der Waals surface area contributed by atoms with Crippen molar-refractivity contribution in [1.29, 1.82) is 0 Å². The Hall–Kier alpha value is -1.54. The van der Waals surface area contributed by atoms with E-state index in [9.17, 15) is 14.4 Å². The minimum absolute atomic E-state index is 0.189. The average molecular weight is 375 g/mol. The van der Waals surface area contributed by atoms with Gasteiger partial charge in [0.05, 0.1) is 12.3 Å². The molecule has 0 saturated carbocycles. The van der Waals surface area contributed by atoms with E-state index in [1.807, 2.05) is 25.1 Å². The van der Waals surface area contributed by atoms with Crippen molar-refractivity contribution < 1.29 is 19.5 Å². The predicted octanol–water partition coefficient (Wildman–Crippen LogP) is 1.17. The van der Waals surface area contributed by atoms with Gasteiger partial charge in [-0.2, -0.15) is 0 Å². The minimum atomic E-state index is -1.13. The van der Waals surface area contributed by atoms with Gasteiger partial charge in [0, 0.05) is 9.37 Å². The molecule has 114 valence electrons. The van der Waals surface area contributed by atoms with Crippen molar-refractivity contribution in [3.63, 3.8) is 0 Å². The molecule has 1 aromatic rings. The van der Waals surface area contributed by atoms with Crippen LogP contribution in [0.15, 0.2) is 27.6 Å². The average Bonchev–Trinajstić information content (AvgIpc) is 2.41. The summed E-state index contributed by atoms with van der Waals surface area (Å²) in [4.78, 5) is 34.1. The highest BCUT2D eigenvalue weighted by molar-refractivity contribution is 9.10. The quantitative estimate of drug-likeness (QED) is 0.622. The normalized spacial score (nSPS) is 10.0. The molecule has 0 spiro atoms. The van der Waals surface area contributed by atoms with Crippen molar-refractivity contribution in [2.45, 2.75) is 11.8 Å². The standard InChI is InChI=1S/C13H15BrN2O4S/c1-8-4-9(14)2-3-10(8)21-7-12(18)15-5-11(17)16-6-13(19)20/h2-4H,5-7H2,1H3,(H,15,18)(H,16,17)(H,19,20). The number of aliphatic carboxylic acids is 1. The maximum Gasteiger partial charge on any atom is 0.322 e. The van der Waals surface area contributed by atoms with Gasteiger partial charge in [-0.15, -0.1) is 11.8 Å². The molecule has 6 nitrogen and oxygen atoms in total. The number of rotatable bonds is 7. The number of aryl methyl sites for hydroxylation is 1. The highest BCUT2D eigenvalue weighted by Crippen LogP contribution is 2.24. The molecule has 21 heavy (non-hydrogen) atoms. The van der Waals surface area contributed by atoms with E-state index in [-0.39, 0.29) is 18.2 Å². The summed E-state index contributed by atoms with van der Waals surface area (Å²) in [6.07, 6.45) is 0. The van der Waals surface area contributed by atoms with Crippen LogP contribution in [0.3, 0.4) is 0 Å². The molecular weight excluding hydrogens is 360 g/mol. The zero-order valence-corrected chi connectivity index (χ0v) is 13.7. The molecule has 0 saturated heterocycles. The molecule has 0 atom stereocenters. The number of nitrogens with one attached hydrogen (secondary N) is 2. The Morgan fingerprint density at radius 2 is 1.86 bits per heavy atom. The topological polar surface area (TPSA) is 95.5 Å². The summed E-state index contributed by atoms with van der Waals surface area (Å²) in [6, 6.07) is 5.77. The van der Waals surface area contributed by atoms with E-state index < -0.39 is 18.4 Å². The lowest BCUT2D eigenvalue weighted by Gasteiger charge is -2.07. The Morgan fingerprint density at radius 3 is 2.48 bits per heavy atom. The van der Waals surface area contributed by atoms with Crippen LogP contribution in [0, 0.1) is 6.92 Å². The van der Waals surface area contributed by atoms with Crippen molar-refractivity contribution in [3.05, 3.63) is 28.2 Å². The molecule has 8 heteroatoms. The van der Waals surface area contributed by atoms with Gasteiger partial charge in [-0.3, -0.25) is 14.4 Å². The fourth-order valence-corrected chi connectivity index (χ4v) is 2.70. The van der Waals surface area contributed by atoms with Crippen LogP contribution in [0.2, 0.25) is 0 Å². The smallest absolute Gasteiger partial charge is 0.322 e.